The Morgan fingerprint density at radius 3 is 2.63 bits per heavy atom. The molecule has 0 fully saturated rings. The Kier molecular flexibility index (Phi) is 2.81. The van der Waals surface area contributed by atoms with Crippen LogP contribution in [0.2, 0.25) is 0 Å². The molecule has 0 aliphatic heterocycles. The molecule has 2 aromatic carbocycles. The van der Waals surface area contributed by atoms with E-state index in [1.54, 1.807) is 12.1 Å². The molecule has 19 heavy (non-hydrogen) atoms. The van der Waals surface area contributed by atoms with Crippen molar-refractivity contribution in [2.75, 3.05) is 5.32 Å². The van der Waals surface area contributed by atoms with E-state index in [9.17, 15) is 10.1 Å². The van der Waals surface area contributed by atoms with E-state index < -0.39 is 4.92 Å². The maximum atomic E-state index is 11.2. The zero-order chi connectivity index (χ0) is 13.2. The number of para-hydroxylation sites is 1. The molecule has 1 N–H and O–H groups in total. The van der Waals surface area contributed by atoms with Crippen molar-refractivity contribution in [1.82, 2.24) is 8.75 Å². The van der Waals surface area contributed by atoms with Gasteiger partial charge in [0.2, 0.25) is 0 Å². The Balaban J connectivity index is 2.12. The largest absolute Gasteiger partial charge is 0.350 e. The van der Waals surface area contributed by atoms with Gasteiger partial charge in [0, 0.05) is 5.69 Å². The van der Waals surface area contributed by atoms with Gasteiger partial charge in [-0.3, -0.25) is 10.1 Å². The molecular formula is C12H8N4O2S. The number of rotatable bonds is 3. The van der Waals surface area contributed by atoms with Gasteiger partial charge in [0.25, 0.3) is 0 Å². The fourth-order valence-electron chi connectivity index (χ4n) is 1.80. The summed E-state index contributed by atoms with van der Waals surface area (Å²) in [5.41, 5.74) is 2.01. The van der Waals surface area contributed by atoms with Crippen LogP contribution in [0.4, 0.5) is 17.1 Å². The molecule has 0 radical (unpaired) electrons. The number of benzene rings is 2. The number of nitro groups is 1. The van der Waals surface area contributed by atoms with E-state index in [0.717, 1.165) is 17.4 Å². The SMILES string of the molecule is O=[N+]([O-])c1c(Nc2ccccc2)ccc2nsnc12. The molecule has 0 amide bonds. The summed E-state index contributed by atoms with van der Waals surface area (Å²) in [5.74, 6) is 0. The second kappa shape index (κ2) is 4.62. The second-order valence-corrected chi connectivity index (χ2v) is 4.37. The van der Waals surface area contributed by atoms with Crippen LogP contribution in [-0.2, 0) is 0 Å². The summed E-state index contributed by atoms with van der Waals surface area (Å²) in [5, 5.41) is 14.3. The van der Waals surface area contributed by atoms with Gasteiger partial charge in [-0.15, -0.1) is 0 Å². The van der Waals surface area contributed by atoms with Gasteiger partial charge in [-0.05, 0) is 24.3 Å². The maximum Gasteiger partial charge on any atom is 0.321 e. The fraction of sp³-hybridized carbons (Fsp3) is 0. The Morgan fingerprint density at radius 1 is 1.11 bits per heavy atom. The molecule has 1 heterocycles. The molecular weight excluding hydrogens is 264 g/mol. The predicted molar refractivity (Wildman–Crippen MR) is 73.8 cm³/mol. The van der Waals surface area contributed by atoms with Gasteiger partial charge in [0.15, 0.2) is 5.52 Å². The van der Waals surface area contributed by atoms with Crippen molar-refractivity contribution < 1.29 is 4.92 Å². The van der Waals surface area contributed by atoms with E-state index >= 15 is 0 Å². The molecule has 7 heteroatoms. The number of aromatic nitrogens is 2. The molecule has 0 saturated heterocycles. The van der Waals surface area contributed by atoms with Crippen LogP contribution in [-0.4, -0.2) is 13.7 Å². The third kappa shape index (κ3) is 2.11. The van der Waals surface area contributed by atoms with E-state index in [-0.39, 0.29) is 5.69 Å². The van der Waals surface area contributed by atoms with Crippen LogP contribution in [0, 0.1) is 10.1 Å². The van der Waals surface area contributed by atoms with E-state index in [1.807, 2.05) is 30.3 Å². The first-order valence-electron chi connectivity index (χ1n) is 5.47. The Labute approximate surface area is 112 Å². The number of fused-ring (bicyclic) bond motifs is 1. The molecule has 0 bridgehead atoms. The van der Waals surface area contributed by atoms with Gasteiger partial charge in [-0.25, -0.2) is 0 Å². The standard InChI is InChI=1S/C12H8N4O2S/c17-16(18)12-10(13-8-4-2-1-3-5-8)7-6-9-11(12)15-19-14-9/h1-7,13H. The molecule has 94 valence electrons. The van der Waals surface area contributed by atoms with E-state index in [2.05, 4.69) is 14.1 Å². The average Bonchev–Trinajstić information content (AvgIpc) is 2.87. The molecule has 3 rings (SSSR count). The molecule has 0 spiro atoms. The van der Waals surface area contributed by atoms with Crippen LogP contribution in [0.5, 0.6) is 0 Å². The first kappa shape index (κ1) is 11.5. The normalized spacial score (nSPS) is 10.5. The minimum Gasteiger partial charge on any atom is -0.350 e. The predicted octanol–water partition coefficient (Wildman–Crippen LogP) is 3.34. The molecule has 1 aromatic heterocycles. The molecule has 0 aliphatic carbocycles. The number of anilines is 2. The highest BCUT2D eigenvalue weighted by molar-refractivity contribution is 7.00. The third-order valence-electron chi connectivity index (χ3n) is 2.64. The van der Waals surface area contributed by atoms with Gasteiger partial charge in [0.1, 0.15) is 11.2 Å². The fourth-order valence-corrected chi connectivity index (χ4v) is 2.34. The van der Waals surface area contributed by atoms with E-state index in [1.165, 1.54) is 0 Å². The van der Waals surface area contributed by atoms with Crippen molar-refractivity contribution in [3.8, 4) is 0 Å². The Hall–Kier alpha value is -2.54. The van der Waals surface area contributed by atoms with Crippen LogP contribution in [0.3, 0.4) is 0 Å². The summed E-state index contributed by atoms with van der Waals surface area (Å²) in [6, 6.07) is 12.6. The lowest BCUT2D eigenvalue weighted by Crippen LogP contribution is -1.97. The zero-order valence-electron chi connectivity index (χ0n) is 9.61. The lowest BCUT2D eigenvalue weighted by atomic mass is 10.2. The van der Waals surface area contributed by atoms with Crippen LogP contribution in [0.1, 0.15) is 0 Å². The third-order valence-corrected chi connectivity index (χ3v) is 3.18. The monoisotopic (exact) mass is 272 g/mol. The van der Waals surface area contributed by atoms with E-state index in [0.29, 0.717) is 16.7 Å². The number of hydrogen-bond donors (Lipinski definition) is 1. The van der Waals surface area contributed by atoms with Crippen molar-refractivity contribution in [2.45, 2.75) is 0 Å². The number of nitrogens with one attached hydrogen (secondary N) is 1. The van der Waals surface area contributed by atoms with Crippen LogP contribution >= 0.6 is 11.7 Å². The maximum absolute atomic E-state index is 11.2. The molecule has 3 aromatic rings. The van der Waals surface area contributed by atoms with Gasteiger partial charge in [-0.2, -0.15) is 8.75 Å². The smallest absolute Gasteiger partial charge is 0.321 e. The van der Waals surface area contributed by atoms with Crippen LogP contribution < -0.4 is 5.32 Å². The molecule has 0 atom stereocenters. The van der Waals surface area contributed by atoms with Gasteiger partial charge >= 0.3 is 5.69 Å². The highest BCUT2D eigenvalue weighted by Gasteiger charge is 2.21. The summed E-state index contributed by atoms with van der Waals surface area (Å²) in [7, 11) is 0. The van der Waals surface area contributed by atoms with Crippen molar-refractivity contribution in [1.29, 1.82) is 0 Å². The summed E-state index contributed by atoms with van der Waals surface area (Å²) < 4.78 is 8.00. The molecule has 0 unspecified atom stereocenters. The number of nitro benzene ring substituents is 1. The summed E-state index contributed by atoms with van der Waals surface area (Å²) >= 11 is 0.967. The van der Waals surface area contributed by atoms with Crippen molar-refractivity contribution in [2.24, 2.45) is 0 Å². The van der Waals surface area contributed by atoms with Crippen molar-refractivity contribution in [3.05, 3.63) is 52.6 Å². The van der Waals surface area contributed by atoms with E-state index in [4.69, 9.17) is 0 Å². The molecule has 0 aliphatic rings. The summed E-state index contributed by atoms with van der Waals surface area (Å²) in [6.07, 6.45) is 0. The number of hydrogen-bond acceptors (Lipinski definition) is 6. The first-order valence-corrected chi connectivity index (χ1v) is 6.20. The summed E-state index contributed by atoms with van der Waals surface area (Å²) in [4.78, 5) is 10.8. The molecule has 6 nitrogen and oxygen atoms in total. The zero-order valence-corrected chi connectivity index (χ0v) is 10.4. The Morgan fingerprint density at radius 2 is 1.89 bits per heavy atom. The number of nitrogens with zero attached hydrogens (tertiary/aromatic N) is 3. The van der Waals surface area contributed by atoms with Gasteiger partial charge in [0.05, 0.1) is 16.7 Å². The first-order chi connectivity index (χ1) is 9.25. The van der Waals surface area contributed by atoms with Gasteiger partial charge < -0.3 is 5.32 Å². The van der Waals surface area contributed by atoms with Crippen molar-refractivity contribution in [3.63, 3.8) is 0 Å². The summed E-state index contributed by atoms with van der Waals surface area (Å²) in [6.45, 7) is 0. The van der Waals surface area contributed by atoms with Gasteiger partial charge in [-0.1, -0.05) is 18.2 Å². The second-order valence-electron chi connectivity index (χ2n) is 3.84. The lowest BCUT2D eigenvalue weighted by Gasteiger charge is -2.06. The lowest BCUT2D eigenvalue weighted by molar-refractivity contribution is -0.382. The minimum atomic E-state index is -0.436. The highest BCUT2D eigenvalue weighted by Crippen LogP contribution is 2.33. The highest BCUT2D eigenvalue weighted by atomic mass is 32.1. The average molecular weight is 272 g/mol. The minimum absolute atomic E-state index is 0.0462. The Bertz CT molecular complexity index is 742. The van der Waals surface area contributed by atoms with Crippen LogP contribution in [0.15, 0.2) is 42.5 Å². The topological polar surface area (TPSA) is 81.0 Å². The van der Waals surface area contributed by atoms with Crippen molar-refractivity contribution >= 4 is 39.8 Å². The molecule has 0 saturated carbocycles. The quantitative estimate of drug-likeness (QED) is 0.584. The van der Waals surface area contributed by atoms with Crippen LogP contribution in [0.25, 0.3) is 11.0 Å².